The number of nitrogens with two attached hydrogens (primary N) is 1. The molecule has 0 spiro atoms. The number of rotatable bonds is 3. The van der Waals surface area contributed by atoms with Crippen LogP contribution in [0.15, 0.2) is 49.1 Å². The maximum Gasteiger partial charge on any atom is 0.250 e. The Kier molecular flexibility index (Phi) is 3.61. The van der Waals surface area contributed by atoms with E-state index >= 15 is 4.39 Å². The molecule has 0 atom stereocenters. The lowest BCUT2D eigenvalue weighted by Gasteiger charge is -2.15. The fourth-order valence-corrected chi connectivity index (χ4v) is 3.54. The van der Waals surface area contributed by atoms with Crippen LogP contribution in [0.5, 0.6) is 0 Å². The third-order valence-corrected chi connectivity index (χ3v) is 4.73. The predicted octanol–water partition coefficient (Wildman–Crippen LogP) is 2.97. The molecule has 0 saturated carbocycles. The summed E-state index contributed by atoms with van der Waals surface area (Å²) >= 11 is 0. The number of nitrogens with zero attached hydrogens (tertiary/aromatic N) is 1. The van der Waals surface area contributed by atoms with Crippen LogP contribution in [0.3, 0.4) is 0 Å². The van der Waals surface area contributed by atoms with E-state index in [-0.39, 0.29) is 18.0 Å². The Morgan fingerprint density at radius 2 is 2.08 bits per heavy atom. The van der Waals surface area contributed by atoms with Crippen molar-refractivity contribution >= 4 is 39.2 Å². The Bertz CT molecular complexity index is 1130. The van der Waals surface area contributed by atoms with Gasteiger partial charge in [-0.15, -0.1) is 0 Å². The Morgan fingerprint density at radius 1 is 1.31 bits per heavy atom. The second-order valence-electron chi connectivity index (χ2n) is 6.22. The summed E-state index contributed by atoms with van der Waals surface area (Å²) in [5.41, 5.74) is 7.94. The fourth-order valence-electron chi connectivity index (χ4n) is 3.54. The Labute approximate surface area is 148 Å². The average Bonchev–Trinajstić information content (AvgIpc) is 3.25. The summed E-state index contributed by atoms with van der Waals surface area (Å²) in [7, 11) is 0. The van der Waals surface area contributed by atoms with Gasteiger partial charge in [0.2, 0.25) is 5.91 Å². The van der Waals surface area contributed by atoms with Crippen LogP contribution in [0.1, 0.15) is 15.9 Å². The number of aromatic amines is 1. The largest absolute Gasteiger partial charge is 0.366 e. The van der Waals surface area contributed by atoms with E-state index in [1.54, 1.807) is 4.90 Å². The molecular formula is C20H16FN3O2. The van der Waals surface area contributed by atoms with Gasteiger partial charge in [-0.25, -0.2) is 4.39 Å². The van der Waals surface area contributed by atoms with Crippen molar-refractivity contribution in [3.63, 3.8) is 0 Å². The summed E-state index contributed by atoms with van der Waals surface area (Å²) in [6.45, 7) is 4.16. The van der Waals surface area contributed by atoms with Crippen LogP contribution >= 0.6 is 0 Å². The normalized spacial score (nSPS) is 14.0. The molecule has 4 rings (SSSR count). The molecule has 3 aromatic rings. The molecule has 0 bridgehead atoms. The summed E-state index contributed by atoms with van der Waals surface area (Å²) in [5, 5.41) is 1.41. The fraction of sp³-hybridized carbons (Fsp3) is 0.100. The molecular weight excluding hydrogens is 333 g/mol. The average molecular weight is 349 g/mol. The predicted molar refractivity (Wildman–Crippen MR) is 99.0 cm³/mol. The maximum absolute atomic E-state index is 15.0. The van der Waals surface area contributed by atoms with Crippen molar-refractivity contribution in [1.29, 1.82) is 0 Å². The van der Waals surface area contributed by atoms with Gasteiger partial charge in [0.15, 0.2) is 0 Å². The Hall–Kier alpha value is -3.41. The van der Waals surface area contributed by atoms with Crippen molar-refractivity contribution < 1.29 is 14.0 Å². The first kappa shape index (κ1) is 16.1. The molecule has 0 saturated heterocycles. The number of hydrogen-bond donors (Lipinski definition) is 2. The summed E-state index contributed by atoms with van der Waals surface area (Å²) in [5.74, 6) is -1.44. The van der Waals surface area contributed by atoms with Gasteiger partial charge in [-0.05, 0) is 23.8 Å². The van der Waals surface area contributed by atoms with Gasteiger partial charge in [0, 0.05) is 34.9 Å². The molecule has 0 fully saturated rings. The van der Waals surface area contributed by atoms with Gasteiger partial charge < -0.3 is 15.6 Å². The van der Waals surface area contributed by atoms with E-state index in [2.05, 4.69) is 11.6 Å². The van der Waals surface area contributed by atoms with Crippen LogP contribution in [-0.4, -0.2) is 34.8 Å². The molecule has 5 nitrogen and oxygen atoms in total. The monoisotopic (exact) mass is 349 g/mol. The highest BCUT2D eigenvalue weighted by Crippen LogP contribution is 2.37. The number of carbonyl (C=O) groups excluding carboxylic acids is 2. The van der Waals surface area contributed by atoms with E-state index in [0.29, 0.717) is 28.6 Å². The van der Waals surface area contributed by atoms with Crippen molar-refractivity contribution in [2.45, 2.75) is 0 Å². The Balaban J connectivity index is 2.00. The summed E-state index contributed by atoms with van der Waals surface area (Å²) in [6.07, 6.45) is 3.07. The molecule has 26 heavy (non-hydrogen) atoms. The highest BCUT2D eigenvalue weighted by molar-refractivity contribution is 6.18. The highest BCUT2D eigenvalue weighted by atomic mass is 19.1. The lowest BCUT2D eigenvalue weighted by Crippen LogP contribution is -2.26. The molecule has 2 amide bonds. The number of fused-ring (bicyclic) bond motifs is 3. The summed E-state index contributed by atoms with van der Waals surface area (Å²) in [4.78, 5) is 28.4. The third-order valence-electron chi connectivity index (χ3n) is 4.73. The molecule has 1 aliphatic rings. The lowest BCUT2D eigenvalue weighted by atomic mass is 9.96. The Morgan fingerprint density at radius 3 is 2.81 bits per heavy atom. The molecule has 1 aromatic heterocycles. The number of carbonyl (C=O) groups is 2. The van der Waals surface area contributed by atoms with E-state index in [1.807, 2.05) is 30.3 Å². The van der Waals surface area contributed by atoms with Gasteiger partial charge in [0.25, 0.3) is 5.91 Å². The first-order valence-corrected chi connectivity index (χ1v) is 8.14. The van der Waals surface area contributed by atoms with Gasteiger partial charge in [-0.1, -0.05) is 30.9 Å². The van der Waals surface area contributed by atoms with Gasteiger partial charge in [0.05, 0.1) is 11.1 Å². The second-order valence-corrected chi connectivity index (χ2v) is 6.22. The molecule has 0 aliphatic carbocycles. The van der Waals surface area contributed by atoms with Crippen LogP contribution in [0.4, 0.5) is 4.39 Å². The van der Waals surface area contributed by atoms with Crippen LogP contribution in [0, 0.1) is 5.82 Å². The third kappa shape index (κ3) is 2.30. The zero-order chi connectivity index (χ0) is 18.4. The van der Waals surface area contributed by atoms with Crippen LogP contribution in [0.25, 0.3) is 27.4 Å². The SMILES string of the molecule is C=CC(=O)N1CC=C(c2c(F)cc(C(N)=O)c3[nH]c4ccccc4c23)C1. The zero-order valence-corrected chi connectivity index (χ0v) is 13.9. The number of hydrogen-bond acceptors (Lipinski definition) is 2. The van der Waals surface area contributed by atoms with Crippen molar-refractivity contribution in [3.05, 3.63) is 66.0 Å². The van der Waals surface area contributed by atoms with Crippen LogP contribution < -0.4 is 5.73 Å². The quantitative estimate of drug-likeness (QED) is 0.713. The van der Waals surface area contributed by atoms with Crippen molar-refractivity contribution in [1.82, 2.24) is 9.88 Å². The zero-order valence-electron chi connectivity index (χ0n) is 13.9. The molecule has 0 unspecified atom stereocenters. The molecule has 2 aromatic carbocycles. The summed E-state index contributed by atoms with van der Waals surface area (Å²) in [6, 6.07) is 8.60. The highest BCUT2D eigenvalue weighted by Gasteiger charge is 2.26. The molecule has 0 radical (unpaired) electrons. The van der Waals surface area contributed by atoms with Gasteiger partial charge >= 0.3 is 0 Å². The van der Waals surface area contributed by atoms with E-state index in [1.165, 1.54) is 6.08 Å². The topological polar surface area (TPSA) is 79.2 Å². The summed E-state index contributed by atoms with van der Waals surface area (Å²) < 4.78 is 15.0. The van der Waals surface area contributed by atoms with Crippen LogP contribution in [0.2, 0.25) is 0 Å². The van der Waals surface area contributed by atoms with Crippen molar-refractivity contribution in [2.75, 3.05) is 13.1 Å². The van der Waals surface area contributed by atoms with Gasteiger partial charge in [-0.3, -0.25) is 9.59 Å². The smallest absolute Gasteiger partial charge is 0.250 e. The number of aromatic nitrogens is 1. The van der Waals surface area contributed by atoms with Gasteiger partial charge in [-0.2, -0.15) is 0 Å². The van der Waals surface area contributed by atoms with Crippen molar-refractivity contribution in [2.24, 2.45) is 5.73 Å². The number of para-hydroxylation sites is 1. The van der Waals surface area contributed by atoms with Crippen LogP contribution in [-0.2, 0) is 4.79 Å². The standard InChI is InChI=1S/C20H16FN3O2/c1-2-16(25)24-8-7-11(10-24)17-14(21)9-13(20(22)26)19-18(17)12-5-3-4-6-15(12)23-19/h2-7,9,23H,1,8,10H2,(H2,22,26). The number of amides is 2. The minimum Gasteiger partial charge on any atom is -0.366 e. The minimum atomic E-state index is -0.698. The number of H-pyrrole nitrogens is 1. The lowest BCUT2D eigenvalue weighted by molar-refractivity contribution is -0.124. The van der Waals surface area contributed by atoms with E-state index < -0.39 is 11.7 Å². The van der Waals surface area contributed by atoms with Crippen molar-refractivity contribution in [3.8, 4) is 0 Å². The van der Waals surface area contributed by atoms with E-state index in [4.69, 9.17) is 5.73 Å². The number of nitrogens with one attached hydrogen (secondary N) is 1. The maximum atomic E-state index is 15.0. The second kappa shape index (κ2) is 5.84. The number of benzene rings is 2. The van der Waals surface area contributed by atoms with E-state index in [0.717, 1.165) is 17.0 Å². The first-order valence-electron chi connectivity index (χ1n) is 8.14. The van der Waals surface area contributed by atoms with Gasteiger partial charge in [0.1, 0.15) is 5.82 Å². The number of primary amides is 1. The molecule has 2 heterocycles. The molecule has 3 N–H and O–H groups in total. The molecule has 6 heteroatoms. The molecule has 1 aliphatic heterocycles. The number of halogens is 1. The first-order chi connectivity index (χ1) is 12.5. The van der Waals surface area contributed by atoms with E-state index in [9.17, 15) is 9.59 Å². The molecule has 130 valence electrons. The minimum absolute atomic E-state index is 0.107.